The maximum Gasteiger partial charge on any atom is 0.416 e. The van der Waals surface area contributed by atoms with Gasteiger partial charge in [-0.1, -0.05) is 29.8 Å². The Morgan fingerprint density at radius 1 is 1.13 bits per heavy atom. The summed E-state index contributed by atoms with van der Waals surface area (Å²) in [4.78, 5) is 12.1. The number of carbonyl (C=O) groups is 1. The highest BCUT2D eigenvalue weighted by Gasteiger charge is 2.30. The third-order valence-corrected chi connectivity index (χ3v) is 3.59. The minimum atomic E-state index is -4.42. The maximum atomic E-state index is 13.7. The largest absolute Gasteiger partial charge is 0.416 e. The molecule has 1 atom stereocenters. The molecular weight excluding hydrogens is 334 g/mol. The van der Waals surface area contributed by atoms with Crippen molar-refractivity contribution in [3.63, 3.8) is 0 Å². The molecule has 1 N–H and O–H groups in total. The molecule has 2 aromatic rings. The van der Waals surface area contributed by atoms with Gasteiger partial charge in [0.25, 0.3) is 5.91 Å². The van der Waals surface area contributed by atoms with Crippen LogP contribution in [0.15, 0.2) is 42.5 Å². The van der Waals surface area contributed by atoms with E-state index in [4.69, 9.17) is 11.6 Å². The summed E-state index contributed by atoms with van der Waals surface area (Å²) in [7, 11) is 0. The Bertz CT molecular complexity index is 693. The van der Waals surface area contributed by atoms with Crippen molar-refractivity contribution in [2.75, 3.05) is 0 Å². The van der Waals surface area contributed by atoms with Gasteiger partial charge in [-0.05, 0) is 36.8 Å². The molecule has 122 valence electrons. The average Bonchev–Trinajstić information content (AvgIpc) is 2.46. The lowest BCUT2D eigenvalue weighted by atomic mass is 10.1. The highest BCUT2D eigenvalue weighted by molar-refractivity contribution is 6.33. The van der Waals surface area contributed by atoms with Gasteiger partial charge in [0.05, 0.1) is 22.2 Å². The Hall–Kier alpha value is -2.08. The van der Waals surface area contributed by atoms with Crippen molar-refractivity contribution in [2.45, 2.75) is 19.1 Å². The van der Waals surface area contributed by atoms with Gasteiger partial charge in [-0.15, -0.1) is 0 Å². The van der Waals surface area contributed by atoms with Crippen LogP contribution in [0.5, 0.6) is 0 Å². The number of nitrogens with one attached hydrogen (secondary N) is 1. The second kappa shape index (κ2) is 6.58. The molecule has 0 aliphatic rings. The smallest absolute Gasteiger partial charge is 0.345 e. The van der Waals surface area contributed by atoms with Crippen LogP contribution in [0, 0.1) is 5.82 Å². The lowest BCUT2D eigenvalue weighted by molar-refractivity contribution is -0.137. The van der Waals surface area contributed by atoms with Gasteiger partial charge in [0.15, 0.2) is 0 Å². The highest BCUT2D eigenvalue weighted by Crippen LogP contribution is 2.30. The summed E-state index contributed by atoms with van der Waals surface area (Å²) in [5.41, 5.74) is -0.622. The number of rotatable bonds is 3. The molecule has 0 fully saturated rings. The monoisotopic (exact) mass is 345 g/mol. The topological polar surface area (TPSA) is 29.1 Å². The van der Waals surface area contributed by atoms with E-state index in [1.165, 1.54) is 24.3 Å². The van der Waals surface area contributed by atoms with Crippen molar-refractivity contribution in [3.8, 4) is 0 Å². The molecule has 7 heteroatoms. The van der Waals surface area contributed by atoms with Gasteiger partial charge in [0.2, 0.25) is 0 Å². The van der Waals surface area contributed by atoms with Gasteiger partial charge in [-0.25, -0.2) is 4.39 Å². The molecule has 23 heavy (non-hydrogen) atoms. The first-order valence-electron chi connectivity index (χ1n) is 6.62. The van der Waals surface area contributed by atoms with Gasteiger partial charge in [-0.2, -0.15) is 13.2 Å². The van der Waals surface area contributed by atoms with Gasteiger partial charge < -0.3 is 5.32 Å². The van der Waals surface area contributed by atoms with Crippen molar-refractivity contribution in [1.29, 1.82) is 0 Å². The van der Waals surface area contributed by atoms with Crippen LogP contribution < -0.4 is 5.32 Å². The van der Waals surface area contributed by atoms with Crippen LogP contribution in [0.25, 0.3) is 0 Å². The van der Waals surface area contributed by atoms with Crippen molar-refractivity contribution < 1.29 is 22.4 Å². The number of halogens is 5. The first-order chi connectivity index (χ1) is 10.7. The maximum absolute atomic E-state index is 13.7. The van der Waals surface area contributed by atoms with Crippen LogP contribution in [0.4, 0.5) is 17.6 Å². The Morgan fingerprint density at radius 2 is 1.74 bits per heavy atom. The Labute approximate surface area is 135 Å². The molecule has 0 bridgehead atoms. The predicted octanol–water partition coefficient (Wildman–Crippen LogP) is 4.99. The van der Waals surface area contributed by atoms with E-state index in [2.05, 4.69) is 5.32 Å². The van der Waals surface area contributed by atoms with Crippen LogP contribution >= 0.6 is 11.6 Å². The zero-order valence-electron chi connectivity index (χ0n) is 11.9. The lowest BCUT2D eigenvalue weighted by Gasteiger charge is -2.16. The molecule has 0 spiro atoms. The van der Waals surface area contributed by atoms with E-state index in [0.717, 1.165) is 18.2 Å². The van der Waals surface area contributed by atoms with Gasteiger partial charge >= 0.3 is 6.18 Å². The molecule has 2 nitrogen and oxygen atoms in total. The minimum Gasteiger partial charge on any atom is -0.345 e. The standard InChI is InChI=1S/C16H12ClF4NO/c1-9(10-5-7-11(8-6-10)16(19,20)21)22-15(23)14-12(17)3-2-4-13(14)18/h2-9H,1H3,(H,22,23)/t9-/m0/s1. The first-order valence-corrected chi connectivity index (χ1v) is 7.00. The van der Waals surface area contributed by atoms with Crippen LogP contribution in [0.2, 0.25) is 5.02 Å². The van der Waals surface area contributed by atoms with E-state index in [1.54, 1.807) is 6.92 Å². The third kappa shape index (κ3) is 4.01. The van der Waals surface area contributed by atoms with Gasteiger partial charge in [0.1, 0.15) is 5.82 Å². The molecule has 0 aromatic heterocycles. The Kier molecular flexibility index (Phi) is 4.94. The van der Waals surface area contributed by atoms with Crippen LogP contribution in [0.3, 0.4) is 0 Å². The quantitative estimate of drug-likeness (QED) is 0.780. The number of alkyl halides is 3. The Balaban J connectivity index is 2.16. The summed E-state index contributed by atoms with van der Waals surface area (Å²) in [5.74, 6) is -1.50. The molecule has 1 amide bonds. The van der Waals surface area contributed by atoms with E-state index in [9.17, 15) is 22.4 Å². The third-order valence-electron chi connectivity index (χ3n) is 3.28. The molecule has 0 aliphatic carbocycles. The van der Waals surface area contributed by atoms with Crippen molar-refractivity contribution in [3.05, 3.63) is 70.0 Å². The first kappa shape index (κ1) is 17.3. The summed E-state index contributed by atoms with van der Waals surface area (Å²) >= 11 is 5.80. The molecule has 0 radical (unpaired) electrons. The number of benzene rings is 2. The fourth-order valence-corrected chi connectivity index (χ4v) is 2.28. The molecule has 0 saturated heterocycles. The Morgan fingerprint density at radius 3 is 2.26 bits per heavy atom. The van der Waals surface area contributed by atoms with Crippen molar-refractivity contribution in [1.82, 2.24) is 5.32 Å². The second-order valence-electron chi connectivity index (χ2n) is 4.91. The zero-order valence-corrected chi connectivity index (χ0v) is 12.7. The van der Waals surface area contributed by atoms with E-state index in [1.807, 2.05) is 0 Å². The normalized spacial score (nSPS) is 12.8. The van der Waals surface area contributed by atoms with E-state index in [0.29, 0.717) is 5.56 Å². The number of hydrogen-bond acceptors (Lipinski definition) is 1. The second-order valence-corrected chi connectivity index (χ2v) is 5.32. The van der Waals surface area contributed by atoms with E-state index >= 15 is 0 Å². The fourth-order valence-electron chi connectivity index (χ4n) is 2.03. The minimum absolute atomic E-state index is 0.0397. The molecule has 2 rings (SSSR count). The van der Waals surface area contributed by atoms with Crippen LogP contribution in [-0.2, 0) is 6.18 Å². The summed E-state index contributed by atoms with van der Waals surface area (Å²) in [6.45, 7) is 1.58. The lowest BCUT2D eigenvalue weighted by Crippen LogP contribution is -2.27. The molecule has 0 heterocycles. The SMILES string of the molecule is C[C@H](NC(=O)c1c(F)cccc1Cl)c1ccc(C(F)(F)F)cc1. The molecule has 0 unspecified atom stereocenters. The molecule has 0 aliphatic heterocycles. The fraction of sp³-hybridized carbons (Fsp3) is 0.188. The zero-order chi connectivity index (χ0) is 17.2. The number of amides is 1. The summed E-state index contributed by atoms with van der Waals surface area (Å²) < 4.78 is 51.2. The summed E-state index contributed by atoms with van der Waals surface area (Å²) in [6.07, 6.45) is -4.42. The van der Waals surface area contributed by atoms with E-state index in [-0.39, 0.29) is 10.6 Å². The molecular formula is C16H12ClF4NO. The van der Waals surface area contributed by atoms with Gasteiger partial charge in [0, 0.05) is 0 Å². The average molecular weight is 346 g/mol. The predicted molar refractivity (Wildman–Crippen MR) is 78.7 cm³/mol. The summed E-state index contributed by atoms with van der Waals surface area (Å²) in [6, 6.07) is 7.61. The highest BCUT2D eigenvalue weighted by atomic mass is 35.5. The van der Waals surface area contributed by atoms with Crippen LogP contribution in [-0.4, -0.2) is 5.91 Å². The number of hydrogen-bond donors (Lipinski definition) is 1. The molecule has 0 saturated carbocycles. The molecule has 2 aromatic carbocycles. The van der Waals surface area contributed by atoms with Crippen LogP contribution in [0.1, 0.15) is 34.5 Å². The van der Waals surface area contributed by atoms with Crippen molar-refractivity contribution in [2.24, 2.45) is 0 Å². The number of carbonyl (C=O) groups excluding carboxylic acids is 1. The van der Waals surface area contributed by atoms with Crippen molar-refractivity contribution >= 4 is 17.5 Å². The van der Waals surface area contributed by atoms with E-state index < -0.39 is 29.5 Å². The van der Waals surface area contributed by atoms with Gasteiger partial charge in [-0.3, -0.25) is 4.79 Å². The summed E-state index contributed by atoms with van der Waals surface area (Å²) in [5, 5.41) is 2.47.